The Kier molecular flexibility index (Phi) is 6.11. The van der Waals surface area contributed by atoms with Crippen molar-refractivity contribution in [1.29, 1.82) is 0 Å². The van der Waals surface area contributed by atoms with Crippen molar-refractivity contribution < 1.29 is 18.7 Å². The molecule has 0 aliphatic heterocycles. The predicted molar refractivity (Wildman–Crippen MR) is 106 cm³/mol. The van der Waals surface area contributed by atoms with Gasteiger partial charge in [0.05, 0.1) is 12.3 Å². The van der Waals surface area contributed by atoms with Crippen molar-refractivity contribution in [1.82, 2.24) is 5.32 Å². The van der Waals surface area contributed by atoms with Gasteiger partial charge in [0.15, 0.2) is 5.76 Å². The van der Waals surface area contributed by atoms with Crippen molar-refractivity contribution in [3.8, 4) is 5.75 Å². The Hall–Kier alpha value is -3.54. The van der Waals surface area contributed by atoms with Gasteiger partial charge < -0.3 is 19.8 Å². The zero-order chi connectivity index (χ0) is 19.9. The van der Waals surface area contributed by atoms with E-state index >= 15 is 0 Å². The van der Waals surface area contributed by atoms with E-state index in [1.807, 2.05) is 55.5 Å². The molecule has 1 heterocycles. The number of para-hydroxylation sites is 1. The monoisotopic (exact) mass is 378 g/mol. The highest BCUT2D eigenvalue weighted by Gasteiger charge is 2.19. The van der Waals surface area contributed by atoms with Crippen molar-refractivity contribution in [2.24, 2.45) is 0 Å². The minimum absolute atomic E-state index is 0.146. The molecule has 0 bridgehead atoms. The highest BCUT2D eigenvalue weighted by atomic mass is 16.5. The molecular formula is C22H22N2O4. The van der Waals surface area contributed by atoms with Gasteiger partial charge in [0.2, 0.25) is 5.91 Å². The molecule has 3 aromatic rings. The van der Waals surface area contributed by atoms with E-state index in [0.717, 1.165) is 11.3 Å². The number of furan rings is 1. The number of carbonyl (C=O) groups excluding carboxylic acids is 2. The van der Waals surface area contributed by atoms with E-state index in [1.165, 1.54) is 13.2 Å². The quantitative estimate of drug-likeness (QED) is 0.642. The zero-order valence-corrected chi connectivity index (χ0v) is 15.8. The first kappa shape index (κ1) is 19.2. The van der Waals surface area contributed by atoms with Gasteiger partial charge in [-0.1, -0.05) is 30.3 Å². The second kappa shape index (κ2) is 8.90. The lowest BCUT2D eigenvalue weighted by Gasteiger charge is -2.15. The SMILES string of the molecule is CC(=O)Nc1cccc([C@H](C)NC(=O)c2occc2COc2ccccc2)c1. The fourth-order valence-electron chi connectivity index (χ4n) is 2.76. The smallest absolute Gasteiger partial charge is 0.287 e. The molecular weight excluding hydrogens is 356 g/mol. The molecule has 2 N–H and O–H groups in total. The Balaban J connectivity index is 1.65. The summed E-state index contributed by atoms with van der Waals surface area (Å²) in [7, 11) is 0. The lowest BCUT2D eigenvalue weighted by atomic mass is 10.1. The first-order chi connectivity index (χ1) is 13.5. The first-order valence-electron chi connectivity index (χ1n) is 8.95. The van der Waals surface area contributed by atoms with Crippen molar-refractivity contribution >= 4 is 17.5 Å². The van der Waals surface area contributed by atoms with Gasteiger partial charge in [-0.05, 0) is 42.8 Å². The van der Waals surface area contributed by atoms with Crippen LogP contribution < -0.4 is 15.4 Å². The summed E-state index contributed by atoms with van der Waals surface area (Å²) in [4.78, 5) is 23.9. The number of hydrogen-bond acceptors (Lipinski definition) is 4. The Labute approximate surface area is 163 Å². The van der Waals surface area contributed by atoms with E-state index in [0.29, 0.717) is 11.3 Å². The molecule has 0 fully saturated rings. The van der Waals surface area contributed by atoms with Gasteiger partial charge in [-0.2, -0.15) is 0 Å². The second-order valence-corrected chi connectivity index (χ2v) is 6.38. The minimum atomic E-state index is -0.325. The number of anilines is 1. The number of benzene rings is 2. The molecule has 6 heteroatoms. The summed E-state index contributed by atoms with van der Waals surface area (Å²) in [5, 5.41) is 5.65. The summed E-state index contributed by atoms with van der Waals surface area (Å²) < 4.78 is 11.1. The molecule has 0 saturated heterocycles. The average Bonchev–Trinajstić information content (AvgIpc) is 3.15. The highest BCUT2D eigenvalue weighted by Crippen LogP contribution is 2.20. The van der Waals surface area contributed by atoms with Crippen LogP contribution in [-0.2, 0) is 11.4 Å². The second-order valence-electron chi connectivity index (χ2n) is 6.38. The molecule has 0 saturated carbocycles. The van der Waals surface area contributed by atoms with Gasteiger partial charge in [0, 0.05) is 18.2 Å². The molecule has 3 rings (SSSR count). The molecule has 144 valence electrons. The van der Waals surface area contributed by atoms with Crippen LogP contribution in [0.3, 0.4) is 0 Å². The van der Waals surface area contributed by atoms with Crippen LogP contribution in [0.2, 0.25) is 0 Å². The van der Waals surface area contributed by atoms with E-state index in [1.54, 1.807) is 12.1 Å². The van der Waals surface area contributed by atoms with Crippen LogP contribution in [0.1, 0.15) is 41.6 Å². The zero-order valence-electron chi connectivity index (χ0n) is 15.8. The van der Waals surface area contributed by atoms with Crippen LogP contribution in [0, 0.1) is 0 Å². The van der Waals surface area contributed by atoms with Crippen LogP contribution in [-0.4, -0.2) is 11.8 Å². The Morgan fingerprint density at radius 2 is 1.86 bits per heavy atom. The molecule has 1 atom stereocenters. The molecule has 6 nitrogen and oxygen atoms in total. The third-order valence-corrected chi connectivity index (χ3v) is 4.15. The summed E-state index contributed by atoms with van der Waals surface area (Å²) >= 11 is 0. The van der Waals surface area contributed by atoms with Crippen LogP contribution in [0.25, 0.3) is 0 Å². The number of rotatable bonds is 7. The minimum Gasteiger partial charge on any atom is -0.489 e. The molecule has 2 amide bonds. The lowest BCUT2D eigenvalue weighted by Crippen LogP contribution is -2.27. The molecule has 0 radical (unpaired) electrons. The predicted octanol–water partition coefficient (Wildman–Crippen LogP) is 4.31. The normalized spacial score (nSPS) is 11.5. The van der Waals surface area contributed by atoms with E-state index in [2.05, 4.69) is 10.6 Å². The van der Waals surface area contributed by atoms with Gasteiger partial charge in [0.1, 0.15) is 12.4 Å². The number of carbonyl (C=O) groups is 2. The maximum absolute atomic E-state index is 12.7. The maximum Gasteiger partial charge on any atom is 0.287 e. The van der Waals surface area contributed by atoms with Crippen LogP contribution in [0.5, 0.6) is 5.75 Å². The van der Waals surface area contributed by atoms with E-state index in [-0.39, 0.29) is 30.2 Å². The number of amides is 2. The maximum atomic E-state index is 12.7. The molecule has 0 unspecified atom stereocenters. The Morgan fingerprint density at radius 1 is 1.07 bits per heavy atom. The molecule has 0 aliphatic carbocycles. The molecule has 1 aromatic heterocycles. The molecule has 28 heavy (non-hydrogen) atoms. The third kappa shape index (κ3) is 5.01. The van der Waals surface area contributed by atoms with Gasteiger partial charge in [-0.25, -0.2) is 0 Å². The number of ether oxygens (including phenoxy) is 1. The number of hydrogen-bond donors (Lipinski definition) is 2. The molecule has 0 aliphatic rings. The van der Waals surface area contributed by atoms with Crippen molar-refractivity contribution in [2.75, 3.05) is 5.32 Å². The van der Waals surface area contributed by atoms with Gasteiger partial charge in [0.25, 0.3) is 5.91 Å². The van der Waals surface area contributed by atoms with Crippen LogP contribution >= 0.6 is 0 Å². The van der Waals surface area contributed by atoms with Crippen molar-refractivity contribution in [3.05, 3.63) is 83.8 Å². The summed E-state index contributed by atoms with van der Waals surface area (Å²) in [6.45, 7) is 3.55. The van der Waals surface area contributed by atoms with E-state index in [4.69, 9.17) is 9.15 Å². The number of nitrogens with one attached hydrogen (secondary N) is 2. The van der Waals surface area contributed by atoms with E-state index < -0.39 is 0 Å². The van der Waals surface area contributed by atoms with Gasteiger partial charge in [-0.3, -0.25) is 9.59 Å². The summed E-state index contributed by atoms with van der Waals surface area (Å²) in [5.74, 6) is 0.473. The molecule has 0 spiro atoms. The van der Waals surface area contributed by atoms with E-state index in [9.17, 15) is 9.59 Å². The first-order valence-corrected chi connectivity index (χ1v) is 8.95. The Morgan fingerprint density at radius 3 is 2.61 bits per heavy atom. The topological polar surface area (TPSA) is 80.6 Å². The van der Waals surface area contributed by atoms with Gasteiger partial charge >= 0.3 is 0 Å². The summed E-state index contributed by atoms with van der Waals surface area (Å²) in [5.41, 5.74) is 2.22. The van der Waals surface area contributed by atoms with Crippen molar-refractivity contribution in [2.45, 2.75) is 26.5 Å². The highest BCUT2D eigenvalue weighted by molar-refractivity contribution is 5.93. The lowest BCUT2D eigenvalue weighted by molar-refractivity contribution is -0.114. The summed E-state index contributed by atoms with van der Waals surface area (Å²) in [6.07, 6.45) is 1.47. The van der Waals surface area contributed by atoms with Crippen molar-refractivity contribution in [3.63, 3.8) is 0 Å². The van der Waals surface area contributed by atoms with Gasteiger partial charge in [-0.15, -0.1) is 0 Å². The Bertz CT molecular complexity index is 950. The van der Waals surface area contributed by atoms with Crippen LogP contribution in [0.15, 0.2) is 71.3 Å². The fourth-order valence-corrected chi connectivity index (χ4v) is 2.76. The average molecular weight is 378 g/mol. The largest absolute Gasteiger partial charge is 0.489 e. The molecule has 2 aromatic carbocycles. The van der Waals surface area contributed by atoms with Crippen LogP contribution in [0.4, 0.5) is 5.69 Å². The standard InChI is InChI=1S/C22H22N2O4/c1-15(17-7-6-8-19(13-17)24-16(2)25)23-22(26)21-18(11-12-27-21)14-28-20-9-4-3-5-10-20/h3-13,15H,14H2,1-2H3,(H,23,26)(H,24,25)/t15-/m0/s1. The summed E-state index contributed by atoms with van der Waals surface area (Å²) in [6, 6.07) is 18.2. The third-order valence-electron chi connectivity index (χ3n) is 4.15. The fraction of sp³-hybridized carbons (Fsp3) is 0.182.